The van der Waals surface area contributed by atoms with Crippen molar-refractivity contribution in [1.82, 2.24) is 29.0 Å². The Morgan fingerprint density at radius 3 is 2.71 bits per heavy atom. The third-order valence-electron chi connectivity index (χ3n) is 7.95. The molecule has 41 heavy (non-hydrogen) atoms. The monoisotopic (exact) mass is 610 g/mol. The number of hydrogen-bond donors (Lipinski definition) is 2. The van der Waals surface area contributed by atoms with Crippen molar-refractivity contribution in [3.63, 3.8) is 0 Å². The van der Waals surface area contributed by atoms with Gasteiger partial charge in [-0.15, -0.1) is 0 Å². The van der Waals surface area contributed by atoms with E-state index in [9.17, 15) is 9.59 Å². The minimum absolute atomic E-state index is 0.0669. The van der Waals surface area contributed by atoms with Gasteiger partial charge in [-0.1, -0.05) is 38.2 Å². The molecule has 2 fully saturated rings. The molecular formula is C28H32ClN8O2PS. The van der Waals surface area contributed by atoms with Crippen molar-refractivity contribution in [2.45, 2.75) is 43.7 Å². The van der Waals surface area contributed by atoms with E-state index in [1.54, 1.807) is 23.0 Å². The van der Waals surface area contributed by atoms with Crippen LogP contribution in [-0.2, 0) is 14.1 Å². The smallest absolute Gasteiger partial charge is 0.281 e. The van der Waals surface area contributed by atoms with Crippen molar-refractivity contribution in [2.75, 3.05) is 23.0 Å². The van der Waals surface area contributed by atoms with E-state index in [4.69, 9.17) is 16.6 Å². The summed E-state index contributed by atoms with van der Waals surface area (Å²) < 4.78 is 6.27. The van der Waals surface area contributed by atoms with Crippen LogP contribution in [0.25, 0.3) is 10.9 Å². The number of benzene rings is 1. The molecular weight excluding hydrogens is 579 g/mol. The standard InChI is InChI=1S/C28H32ClN8O2PS/c1-14-10-16(15(2)30-20-6-7-22(29)31-25(20)26(38)34-41-5)24-18(11-14)27(39)36(4)28(32-24)37-13-21-17(12-23(37)40-21)19-8-9-35(3)33-19/h6-11,15,17,21,23,30,40H,12-13H2,1-5H3,(H,34,38). The number of aromatic nitrogens is 5. The number of nitrogens with one attached hydrogen (secondary N) is 2. The fraction of sp³-hybridized carbons (Fsp3) is 0.393. The Morgan fingerprint density at radius 2 is 2.02 bits per heavy atom. The van der Waals surface area contributed by atoms with Crippen molar-refractivity contribution in [3.05, 3.63) is 74.6 Å². The predicted octanol–water partition coefficient (Wildman–Crippen LogP) is 4.59. The second-order valence-electron chi connectivity index (χ2n) is 10.8. The van der Waals surface area contributed by atoms with E-state index in [0.29, 0.717) is 39.9 Å². The number of pyridine rings is 1. The van der Waals surface area contributed by atoms with Gasteiger partial charge in [-0.3, -0.25) is 23.6 Å². The minimum atomic E-state index is -0.341. The van der Waals surface area contributed by atoms with Crippen molar-refractivity contribution >= 4 is 60.6 Å². The van der Waals surface area contributed by atoms with Gasteiger partial charge in [0.05, 0.1) is 28.3 Å². The molecule has 2 aliphatic heterocycles. The number of nitrogens with zero attached hydrogens (tertiary/aromatic N) is 6. The number of hydrogen-bond acceptors (Lipinski definition) is 8. The van der Waals surface area contributed by atoms with Gasteiger partial charge in [-0.2, -0.15) is 5.10 Å². The van der Waals surface area contributed by atoms with E-state index in [1.165, 1.54) is 11.9 Å². The number of halogens is 1. The third kappa shape index (κ3) is 5.08. The van der Waals surface area contributed by atoms with Crippen LogP contribution in [-0.4, -0.2) is 54.5 Å². The molecule has 0 saturated carbocycles. The number of aryl methyl sites for hydroxylation is 2. The Hall–Kier alpha value is -3.14. The highest BCUT2D eigenvalue weighted by molar-refractivity contribution is 7.97. The average molecular weight is 611 g/mol. The summed E-state index contributed by atoms with van der Waals surface area (Å²) >= 11 is 7.31. The van der Waals surface area contributed by atoms with E-state index in [0.717, 1.165) is 38.4 Å². The molecule has 10 nitrogen and oxygen atoms in total. The lowest BCUT2D eigenvalue weighted by Gasteiger charge is -2.32. The molecule has 0 aliphatic carbocycles. The Bertz CT molecular complexity index is 1730. The number of amides is 1. The molecule has 2 saturated heterocycles. The summed E-state index contributed by atoms with van der Waals surface area (Å²) in [6, 6.07) is 9.20. The lowest BCUT2D eigenvalue weighted by Crippen LogP contribution is -2.40. The van der Waals surface area contributed by atoms with Gasteiger partial charge in [0, 0.05) is 56.0 Å². The summed E-state index contributed by atoms with van der Waals surface area (Å²) in [7, 11) is 4.55. The molecule has 0 radical (unpaired) electrons. The summed E-state index contributed by atoms with van der Waals surface area (Å²) in [5.74, 6) is 1.14. The number of rotatable bonds is 7. The summed E-state index contributed by atoms with van der Waals surface area (Å²) in [6.45, 7) is 4.83. The number of anilines is 2. The van der Waals surface area contributed by atoms with Gasteiger partial charge in [0.25, 0.3) is 11.5 Å². The van der Waals surface area contributed by atoms with Crippen molar-refractivity contribution in [1.29, 1.82) is 0 Å². The maximum Gasteiger partial charge on any atom is 0.281 e. The molecule has 6 rings (SSSR count). The first-order valence-corrected chi connectivity index (χ1v) is 16.2. The summed E-state index contributed by atoms with van der Waals surface area (Å²) in [4.78, 5) is 38.2. The van der Waals surface area contributed by atoms with E-state index in [2.05, 4.69) is 37.2 Å². The highest BCUT2D eigenvalue weighted by atomic mass is 35.5. The van der Waals surface area contributed by atoms with E-state index in [1.807, 2.05) is 44.9 Å². The SMILES string of the molecule is CSNC(=O)c1nc(Cl)ccc1NC(C)c1cc(C)cc2c(=O)n(C)c(N3CC4PC3CC4c3ccn(C)n3)nc12. The number of carbonyl (C=O) groups is 1. The Labute approximate surface area is 249 Å². The molecule has 5 unspecified atom stereocenters. The maximum absolute atomic E-state index is 13.7. The van der Waals surface area contributed by atoms with Gasteiger partial charge < -0.3 is 10.2 Å². The zero-order valence-electron chi connectivity index (χ0n) is 23.5. The van der Waals surface area contributed by atoms with E-state index < -0.39 is 0 Å². The van der Waals surface area contributed by atoms with Gasteiger partial charge >= 0.3 is 0 Å². The van der Waals surface area contributed by atoms with Crippen molar-refractivity contribution in [3.8, 4) is 0 Å². The van der Waals surface area contributed by atoms with Crippen LogP contribution in [0, 0.1) is 6.92 Å². The van der Waals surface area contributed by atoms with Crippen LogP contribution in [0.1, 0.15) is 52.6 Å². The molecule has 5 heterocycles. The molecule has 13 heteroatoms. The van der Waals surface area contributed by atoms with Crippen LogP contribution in [0.15, 0.2) is 41.3 Å². The number of piperidine rings is 1. The summed E-state index contributed by atoms with van der Waals surface area (Å²) in [5, 5.41) is 8.91. The zero-order chi connectivity index (χ0) is 29.0. The van der Waals surface area contributed by atoms with Gasteiger partial charge in [0.2, 0.25) is 5.95 Å². The lowest BCUT2D eigenvalue weighted by molar-refractivity contribution is 0.0980. The first-order valence-electron chi connectivity index (χ1n) is 13.4. The summed E-state index contributed by atoms with van der Waals surface area (Å²) in [5.41, 5.74) is 4.85. The zero-order valence-corrected chi connectivity index (χ0v) is 26.0. The van der Waals surface area contributed by atoms with Gasteiger partial charge in [-0.25, -0.2) is 9.97 Å². The van der Waals surface area contributed by atoms with Crippen LogP contribution in [0.3, 0.4) is 0 Å². The molecule has 4 aromatic rings. The molecule has 1 amide bonds. The van der Waals surface area contributed by atoms with E-state index >= 15 is 0 Å². The van der Waals surface area contributed by atoms with Gasteiger partial charge in [0.1, 0.15) is 5.15 Å². The number of fused-ring (bicyclic) bond motifs is 3. The predicted molar refractivity (Wildman–Crippen MR) is 168 cm³/mol. The Kier molecular flexibility index (Phi) is 7.46. The topological polar surface area (TPSA) is 110 Å². The maximum atomic E-state index is 13.7. The van der Waals surface area contributed by atoms with Crippen LogP contribution in [0.4, 0.5) is 11.6 Å². The van der Waals surface area contributed by atoms with Gasteiger partial charge in [-0.05, 0) is 50.1 Å². The molecule has 2 N–H and O–H groups in total. The van der Waals surface area contributed by atoms with Crippen LogP contribution in [0.5, 0.6) is 0 Å². The van der Waals surface area contributed by atoms with Crippen LogP contribution in [0.2, 0.25) is 5.15 Å². The Balaban J connectivity index is 1.36. The minimum Gasteiger partial charge on any atom is -0.377 e. The molecule has 1 aromatic carbocycles. The molecule has 0 spiro atoms. The lowest BCUT2D eigenvalue weighted by atomic mass is 9.94. The van der Waals surface area contributed by atoms with Crippen LogP contribution < -0.4 is 20.5 Å². The molecule has 5 atom stereocenters. The second-order valence-corrected chi connectivity index (χ2v) is 13.5. The quantitative estimate of drug-likeness (QED) is 0.178. The van der Waals surface area contributed by atoms with Crippen LogP contribution >= 0.6 is 32.1 Å². The Morgan fingerprint density at radius 1 is 1.22 bits per heavy atom. The molecule has 2 aliphatic rings. The highest BCUT2D eigenvalue weighted by Gasteiger charge is 2.47. The third-order valence-corrected chi connectivity index (χ3v) is 10.5. The highest BCUT2D eigenvalue weighted by Crippen LogP contribution is 2.55. The second kappa shape index (κ2) is 10.9. The van der Waals surface area contributed by atoms with E-state index in [-0.39, 0.29) is 28.4 Å². The summed E-state index contributed by atoms with van der Waals surface area (Å²) in [6.07, 6.45) is 4.79. The first-order chi connectivity index (χ1) is 19.6. The van der Waals surface area contributed by atoms with Crippen molar-refractivity contribution in [2.24, 2.45) is 14.1 Å². The largest absolute Gasteiger partial charge is 0.377 e. The normalized spacial score (nSPS) is 21.1. The molecule has 2 bridgehead atoms. The van der Waals surface area contributed by atoms with Gasteiger partial charge in [0.15, 0.2) is 5.69 Å². The fourth-order valence-corrected chi connectivity index (χ4v) is 8.61. The average Bonchev–Trinajstić information content (AvgIpc) is 3.67. The molecule has 214 valence electrons. The molecule has 3 aromatic heterocycles. The van der Waals surface area contributed by atoms with Crippen molar-refractivity contribution < 1.29 is 4.79 Å². The number of carbonyl (C=O) groups excluding carboxylic acids is 1. The first kappa shape index (κ1) is 28.0. The fourth-order valence-electron chi connectivity index (χ4n) is 6.06.